The van der Waals surface area contributed by atoms with Gasteiger partial charge < -0.3 is 19.7 Å². The highest BCUT2D eigenvalue weighted by Gasteiger charge is 2.33. The molecule has 0 radical (unpaired) electrons. The molecule has 1 aliphatic rings. The van der Waals surface area contributed by atoms with Crippen LogP contribution in [0.3, 0.4) is 0 Å². The van der Waals surface area contributed by atoms with Gasteiger partial charge in [0.25, 0.3) is 0 Å². The zero-order valence-corrected chi connectivity index (χ0v) is 16.0. The van der Waals surface area contributed by atoms with E-state index in [4.69, 9.17) is 0 Å². The molecule has 1 unspecified atom stereocenters. The molecule has 1 fully saturated rings. The van der Waals surface area contributed by atoms with E-state index >= 15 is 0 Å². The van der Waals surface area contributed by atoms with Crippen LogP contribution in [0.25, 0.3) is 11.0 Å². The number of rotatable bonds is 6. The summed E-state index contributed by atoms with van der Waals surface area (Å²) in [5.74, 6) is 0.717. The van der Waals surface area contributed by atoms with Gasteiger partial charge in [0.05, 0.1) is 17.0 Å². The van der Waals surface area contributed by atoms with Crippen LogP contribution in [0.1, 0.15) is 17.8 Å². The van der Waals surface area contributed by atoms with E-state index in [1.807, 2.05) is 55.7 Å². The Balaban J connectivity index is 1.56. The lowest BCUT2D eigenvalue weighted by molar-refractivity contribution is -0.129. The van der Waals surface area contributed by atoms with Crippen LogP contribution in [0.5, 0.6) is 0 Å². The van der Waals surface area contributed by atoms with Crippen LogP contribution in [-0.4, -0.2) is 64.9 Å². The van der Waals surface area contributed by atoms with Crippen LogP contribution in [0.4, 0.5) is 0 Å². The number of imidazole rings is 1. The molecular weight excluding hydrogens is 330 g/mol. The summed E-state index contributed by atoms with van der Waals surface area (Å²) >= 11 is 0. The highest BCUT2D eigenvalue weighted by molar-refractivity contribution is 5.89. The molecule has 7 nitrogen and oxygen atoms in total. The summed E-state index contributed by atoms with van der Waals surface area (Å²) < 4.78 is 2.05. The second-order valence-electron chi connectivity index (χ2n) is 7.30. The van der Waals surface area contributed by atoms with Gasteiger partial charge in [-0.2, -0.15) is 0 Å². The van der Waals surface area contributed by atoms with Gasteiger partial charge in [-0.15, -0.1) is 0 Å². The number of aromatic nitrogens is 2. The fourth-order valence-electron chi connectivity index (χ4n) is 3.29. The Morgan fingerprint density at radius 2 is 2.15 bits per heavy atom. The van der Waals surface area contributed by atoms with Gasteiger partial charge >= 0.3 is 0 Å². The van der Waals surface area contributed by atoms with Crippen molar-refractivity contribution in [2.45, 2.75) is 19.9 Å². The first-order chi connectivity index (χ1) is 12.3. The van der Waals surface area contributed by atoms with Crippen molar-refractivity contribution in [3.8, 4) is 0 Å². The van der Waals surface area contributed by atoms with E-state index in [2.05, 4.69) is 10.3 Å². The Kier molecular flexibility index (Phi) is 5.27. The van der Waals surface area contributed by atoms with E-state index in [0.29, 0.717) is 26.1 Å². The maximum atomic E-state index is 12.4. The van der Waals surface area contributed by atoms with Crippen LogP contribution < -0.4 is 5.32 Å². The minimum absolute atomic E-state index is 0.0528. The third-order valence-corrected chi connectivity index (χ3v) is 5.04. The molecule has 0 saturated carbocycles. The van der Waals surface area contributed by atoms with Gasteiger partial charge in [-0.05, 0) is 38.7 Å². The van der Waals surface area contributed by atoms with Gasteiger partial charge in [-0.25, -0.2) is 4.98 Å². The summed E-state index contributed by atoms with van der Waals surface area (Å²) in [5, 5.41) is 2.97. The molecule has 7 heteroatoms. The molecule has 0 bridgehead atoms. The van der Waals surface area contributed by atoms with Crippen LogP contribution in [0.15, 0.2) is 18.2 Å². The smallest absolute Gasteiger partial charge is 0.225 e. The standard InChI is InChI=1S/C19H27N5O2/c1-13-21-16-9-14(5-6-17(16)23(13)4)11-20-19(26)15-10-18(25)24(12-15)8-7-22(2)3/h5-6,9,15H,7-8,10-12H2,1-4H3,(H,20,26). The first-order valence-electron chi connectivity index (χ1n) is 8.97. The van der Waals surface area contributed by atoms with Gasteiger partial charge in [-0.3, -0.25) is 9.59 Å². The van der Waals surface area contributed by atoms with Crippen LogP contribution in [0, 0.1) is 12.8 Å². The molecule has 1 aromatic heterocycles. The number of nitrogens with zero attached hydrogens (tertiary/aromatic N) is 4. The lowest BCUT2D eigenvalue weighted by Gasteiger charge is -2.19. The zero-order valence-electron chi connectivity index (χ0n) is 16.0. The van der Waals surface area contributed by atoms with Gasteiger partial charge in [0, 0.05) is 39.6 Å². The number of hydrogen-bond donors (Lipinski definition) is 1. The van der Waals surface area contributed by atoms with Gasteiger partial charge in [-0.1, -0.05) is 6.07 Å². The molecule has 26 heavy (non-hydrogen) atoms. The normalized spacial score (nSPS) is 17.5. The Hall–Kier alpha value is -2.41. The fraction of sp³-hybridized carbons (Fsp3) is 0.526. The van der Waals surface area contributed by atoms with Gasteiger partial charge in [0.1, 0.15) is 5.82 Å². The molecule has 1 aromatic carbocycles. The van der Waals surface area contributed by atoms with Crippen molar-refractivity contribution in [3.05, 3.63) is 29.6 Å². The number of amides is 2. The topological polar surface area (TPSA) is 70.5 Å². The number of fused-ring (bicyclic) bond motifs is 1. The summed E-state index contributed by atoms with van der Waals surface area (Å²) in [6.45, 7) is 4.42. The highest BCUT2D eigenvalue weighted by Crippen LogP contribution is 2.19. The zero-order chi connectivity index (χ0) is 18.8. The monoisotopic (exact) mass is 357 g/mol. The largest absolute Gasteiger partial charge is 0.352 e. The van der Waals surface area contributed by atoms with E-state index in [1.165, 1.54) is 0 Å². The number of aryl methyl sites for hydroxylation is 2. The van der Waals surface area contributed by atoms with Crippen LogP contribution in [0.2, 0.25) is 0 Å². The molecule has 1 atom stereocenters. The molecule has 140 valence electrons. The number of likely N-dealkylation sites (N-methyl/N-ethyl adjacent to an activating group) is 1. The van der Waals surface area contributed by atoms with E-state index < -0.39 is 0 Å². The maximum Gasteiger partial charge on any atom is 0.225 e. The van der Waals surface area contributed by atoms with Gasteiger partial charge in [0.2, 0.25) is 11.8 Å². The molecule has 0 aliphatic carbocycles. The fourth-order valence-corrected chi connectivity index (χ4v) is 3.29. The third kappa shape index (κ3) is 3.88. The Bertz CT molecular complexity index is 827. The minimum atomic E-state index is -0.259. The lowest BCUT2D eigenvalue weighted by atomic mass is 10.1. The summed E-state index contributed by atoms with van der Waals surface area (Å²) in [6.07, 6.45) is 0.303. The van der Waals surface area contributed by atoms with Crippen molar-refractivity contribution in [2.75, 3.05) is 33.7 Å². The highest BCUT2D eigenvalue weighted by atomic mass is 16.2. The predicted molar refractivity (Wildman–Crippen MR) is 101 cm³/mol. The van der Waals surface area contributed by atoms with E-state index in [1.54, 1.807) is 4.90 Å². The molecule has 1 aliphatic heterocycles. The summed E-state index contributed by atoms with van der Waals surface area (Å²) in [7, 11) is 5.95. The Morgan fingerprint density at radius 3 is 2.88 bits per heavy atom. The van der Waals surface area contributed by atoms with Crippen molar-refractivity contribution in [3.63, 3.8) is 0 Å². The molecule has 1 saturated heterocycles. The van der Waals surface area contributed by atoms with Crippen molar-refractivity contribution >= 4 is 22.8 Å². The molecule has 2 aromatic rings. The lowest BCUT2D eigenvalue weighted by Crippen LogP contribution is -2.35. The molecule has 3 rings (SSSR count). The molecule has 0 spiro atoms. The Labute approximate surface area is 154 Å². The first-order valence-corrected chi connectivity index (χ1v) is 8.97. The van der Waals surface area contributed by atoms with E-state index in [-0.39, 0.29) is 17.7 Å². The Morgan fingerprint density at radius 1 is 1.38 bits per heavy atom. The summed E-state index contributed by atoms with van der Waals surface area (Å²) in [6, 6.07) is 6.04. The molecular formula is C19H27N5O2. The SMILES string of the molecule is Cc1nc2cc(CNC(=O)C3CC(=O)N(CCN(C)C)C3)ccc2n1C. The first kappa shape index (κ1) is 18.4. The average Bonchev–Trinajstić information content (AvgIpc) is 3.10. The minimum Gasteiger partial charge on any atom is -0.352 e. The predicted octanol–water partition coefficient (Wildman–Crippen LogP) is 0.908. The number of likely N-dealkylation sites (tertiary alicyclic amines) is 1. The second kappa shape index (κ2) is 7.45. The van der Waals surface area contributed by atoms with Gasteiger partial charge in [0.15, 0.2) is 0 Å². The second-order valence-corrected chi connectivity index (χ2v) is 7.30. The number of nitrogens with one attached hydrogen (secondary N) is 1. The number of hydrogen-bond acceptors (Lipinski definition) is 4. The quantitative estimate of drug-likeness (QED) is 0.834. The van der Waals surface area contributed by atoms with Crippen LogP contribution in [-0.2, 0) is 23.2 Å². The molecule has 2 amide bonds. The van der Waals surface area contributed by atoms with Crippen molar-refractivity contribution in [1.29, 1.82) is 0 Å². The molecule has 2 heterocycles. The summed E-state index contributed by atoms with van der Waals surface area (Å²) in [5.41, 5.74) is 3.02. The van der Waals surface area contributed by atoms with Crippen molar-refractivity contribution in [2.24, 2.45) is 13.0 Å². The number of carbonyl (C=O) groups excluding carboxylic acids is 2. The van der Waals surface area contributed by atoms with E-state index in [9.17, 15) is 9.59 Å². The molecule has 1 N–H and O–H groups in total. The summed E-state index contributed by atoms with van der Waals surface area (Å²) in [4.78, 5) is 32.9. The van der Waals surface area contributed by atoms with Crippen molar-refractivity contribution < 1.29 is 9.59 Å². The number of carbonyl (C=O) groups is 2. The van der Waals surface area contributed by atoms with Crippen LogP contribution >= 0.6 is 0 Å². The van der Waals surface area contributed by atoms with E-state index in [0.717, 1.165) is 29.0 Å². The maximum absolute atomic E-state index is 12.4. The average molecular weight is 357 g/mol. The third-order valence-electron chi connectivity index (χ3n) is 5.04. The number of benzene rings is 1. The van der Waals surface area contributed by atoms with Crippen molar-refractivity contribution in [1.82, 2.24) is 24.7 Å².